The highest BCUT2D eigenvalue weighted by Crippen LogP contribution is 2.35. The van der Waals surface area contributed by atoms with E-state index in [1.54, 1.807) is 7.11 Å². The lowest BCUT2D eigenvalue weighted by Crippen LogP contribution is -2.09. The van der Waals surface area contributed by atoms with Crippen molar-refractivity contribution in [2.24, 2.45) is 0 Å². The van der Waals surface area contributed by atoms with Gasteiger partial charge in [-0.25, -0.2) is 0 Å². The number of methoxy groups -OCH3 is 1. The minimum Gasteiger partial charge on any atom is -0.496 e. The van der Waals surface area contributed by atoms with Crippen LogP contribution in [0.5, 0.6) is 5.75 Å². The van der Waals surface area contributed by atoms with E-state index in [1.165, 1.54) is 11.1 Å². The molecule has 22 heavy (non-hydrogen) atoms. The molecule has 0 radical (unpaired) electrons. The lowest BCUT2D eigenvalue weighted by Gasteiger charge is -2.12. The molecule has 0 amide bonds. The van der Waals surface area contributed by atoms with Crippen molar-refractivity contribution in [1.82, 2.24) is 0 Å². The summed E-state index contributed by atoms with van der Waals surface area (Å²) < 4.78 is 10.7. The number of hydrogen-bond acceptors (Lipinski definition) is 3. The van der Waals surface area contributed by atoms with E-state index in [0.717, 1.165) is 24.2 Å². The summed E-state index contributed by atoms with van der Waals surface area (Å²) in [7, 11) is 1.62. The Labute approximate surface area is 130 Å². The van der Waals surface area contributed by atoms with Crippen LogP contribution >= 0.6 is 0 Å². The zero-order valence-corrected chi connectivity index (χ0v) is 12.7. The summed E-state index contributed by atoms with van der Waals surface area (Å²) in [6, 6.07) is 16.0. The van der Waals surface area contributed by atoms with Gasteiger partial charge in [0.15, 0.2) is 0 Å². The lowest BCUT2D eigenvalue weighted by molar-refractivity contribution is -0.145. The summed E-state index contributed by atoms with van der Waals surface area (Å²) >= 11 is 0. The zero-order chi connectivity index (χ0) is 15.4. The van der Waals surface area contributed by atoms with E-state index in [2.05, 4.69) is 18.2 Å². The second-order valence-corrected chi connectivity index (χ2v) is 5.61. The van der Waals surface area contributed by atoms with E-state index in [4.69, 9.17) is 9.47 Å². The van der Waals surface area contributed by atoms with Gasteiger partial charge < -0.3 is 9.47 Å². The molecule has 0 N–H and O–H groups in total. The monoisotopic (exact) mass is 296 g/mol. The maximum Gasteiger partial charge on any atom is 0.306 e. The summed E-state index contributed by atoms with van der Waals surface area (Å²) in [6.45, 7) is 0.261. The first-order valence-corrected chi connectivity index (χ1v) is 7.63. The summed E-state index contributed by atoms with van der Waals surface area (Å²) in [4.78, 5) is 12.1. The van der Waals surface area contributed by atoms with Gasteiger partial charge in [-0.05, 0) is 36.0 Å². The third-order valence-corrected chi connectivity index (χ3v) is 4.25. The maximum atomic E-state index is 12.1. The fourth-order valence-electron chi connectivity index (χ4n) is 3.10. The predicted octanol–water partition coefficient (Wildman–Crippen LogP) is 3.86. The molecule has 2 aromatic rings. The first-order valence-electron chi connectivity index (χ1n) is 7.63. The Morgan fingerprint density at radius 3 is 2.77 bits per heavy atom. The predicted molar refractivity (Wildman–Crippen MR) is 84.9 cm³/mol. The quantitative estimate of drug-likeness (QED) is 0.786. The minimum absolute atomic E-state index is 0.146. The van der Waals surface area contributed by atoms with Gasteiger partial charge in [0.2, 0.25) is 0 Å². The zero-order valence-electron chi connectivity index (χ0n) is 12.7. The molecule has 3 nitrogen and oxygen atoms in total. The molecule has 0 aliphatic heterocycles. The third-order valence-electron chi connectivity index (χ3n) is 4.25. The van der Waals surface area contributed by atoms with Crippen molar-refractivity contribution in [3.05, 3.63) is 65.2 Å². The Morgan fingerprint density at radius 1 is 1.14 bits per heavy atom. The van der Waals surface area contributed by atoms with Gasteiger partial charge in [0.1, 0.15) is 12.4 Å². The topological polar surface area (TPSA) is 35.5 Å². The molecule has 1 unspecified atom stereocenters. The van der Waals surface area contributed by atoms with Gasteiger partial charge in [-0.3, -0.25) is 4.79 Å². The van der Waals surface area contributed by atoms with Crippen molar-refractivity contribution in [1.29, 1.82) is 0 Å². The van der Waals surface area contributed by atoms with Gasteiger partial charge in [0.05, 0.1) is 13.5 Å². The Bertz CT molecular complexity index is 663. The number of rotatable bonds is 5. The third kappa shape index (κ3) is 3.14. The van der Waals surface area contributed by atoms with E-state index < -0.39 is 0 Å². The summed E-state index contributed by atoms with van der Waals surface area (Å²) in [5.74, 6) is 0.899. The molecule has 0 spiro atoms. The molecule has 3 heteroatoms. The van der Waals surface area contributed by atoms with E-state index in [9.17, 15) is 4.79 Å². The highest BCUT2D eigenvalue weighted by atomic mass is 16.5. The van der Waals surface area contributed by atoms with Gasteiger partial charge in [0.25, 0.3) is 0 Å². The van der Waals surface area contributed by atoms with Crippen molar-refractivity contribution >= 4 is 5.97 Å². The normalized spacial score (nSPS) is 16.1. The van der Waals surface area contributed by atoms with Crippen LogP contribution in [-0.4, -0.2) is 13.1 Å². The molecule has 2 aromatic carbocycles. The Morgan fingerprint density at radius 2 is 1.91 bits per heavy atom. The van der Waals surface area contributed by atoms with Crippen LogP contribution in [0.25, 0.3) is 0 Å². The number of hydrogen-bond donors (Lipinski definition) is 0. The van der Waals surface area contributed by atoms with Crippen molar-refractivity contribution in [2.75, 3.05) is 7.11 Å². The van der Waals surface area contributed by atoms with Crippen molar-refractivity contribution in [2.45, 2.75) is 31.8 Å². The van der Waals surface area contributed by atoms with Crippen LogP contribution in [0.4, 0.5) is 0 Å². The van der Waals surface area contributed by atoms with Crippen LogP contribution < -0.4 is 4.74 Å². The van der Waals surface area contributed by atoms with Crippen LogP contribution in [-0.2, 0) is 22.6 Å². The van der Waals surface area contributed by atoms with Crippen LogP contribution in [0, 0.1) is 0 Å². The minimum atomic E-state index is -0.146. The molecule has 0 heterocycles. The van der Waals surface area contributed by atoms with Crippen LogP contribution in [0.3, 0.4) is 0 Å². The average Bonchev–Trinajstić information content (AvgIpc) is 2.96. The second kappa shape index (κ2) is 6.65. The first-order chi connectivity index (χ1) is 10.8. The smallest absolute Gasteiger partial charge is 0.306 e. The Balaban J connectivity index is 1.58. The SMILES string of the molecule is COc1ccccc1COC(=O)CC1CCc2ccccc21. The molecular weight excluding hydrogens is 276 g/mol. The fraction of sp³-hybridized carbons (Fsp3) is 0.316. The average molecular weight is 296 g/mol. The molecule has 0 saturated heterocycles. The number of esters is 1. The van der Waals surface area contributed by atoms with E-state index in [0.29, 0.717) is 12.3 Å². The summed E-state index contributed by atoms with van der Waals surface area (Å²) in [5.41, 5.74) is 3.56. The molecule has 0 aromatic heterocycles. The Kier molecular flexibility index (Phi) is 4.42. The van der Waals surface area contributed by atoms with Gasteiger partial charge in [-0.2, -0.15) is 0 Å². The second-order valence-electron chi connectivity index (χ2n) is 5.61. The van der Waals surface area contributed by atoms with Gasteiger partial charge in [-0.1, -0.05) is 42.5 Å². The Hall–Kier alpha value is -2.29. The van der Waals surface area contributed by atoms with E-state index in [1.807, 2.05) is 30.3 Å². The molecule has 1 aliphatic rings. The van der Waals surface area contributed by atoms with E-state index >= 15 is 0 Å². The number of carbonyl (C=O) groups excluding carboxylic acids is 1. The standard InChI is InChI=1S/C19H20O3/c1-21-18-9-5-3-7-16(18)13-22-19(20)12-15-11-10-14-6-2-4-8-17(14)15/h2-9,15H,10-13H2,1H3. The largest absolute Gasteiger partial charge is 0.496 e. The highest BCUT2D eigenvalue weighted by molar-refractivity contribution is 5.71. The molecular formula is C19H20O3. The highest BCUT2D eigenvalue weighted by Gasteiger charge is 2.24. The van der Waals surface area contributed by atoms with E-state index in [-0.39, 0.29) is 12.6 Å². The molecule has 3 rings (SSSR count). The molecule has 0 fully saturated rings. The lowest BCUT2D eigenvalue weighted by atomic mass is 9.98. The van der Waals surface area contributed by atoms with Crippen LogP contribution in [0.15, 0.2) is 48.5 Å². The fourth-order valence-corrected chi connectivity index (χ4v) is 3.10. The number of para-hydroxylation sites is 1. The molecule has 1 aliphatic carbocycles. The van der Waals surface area contributed by atoms with Crippen molar-refractivity contribution < 1.29 is 14.3 Å². The molecule has 1 atom stereocenters. The number of fused-ring (bicyclic) bond motifs is 1. The molecule has 0 bridgehead atoms. The van der Waals surface area contributed by atoms with Crippen LogP contribution in [0.2, 0.25) is 0 Å². The van der Waals surface area contributed by atoms with Gasteiger partial charge in [0, 0.05) is 5.56 Å². The summed E-state index contributed by atoms with van der Waals surface area (Å²) in [6.07, 6.45) is 2.54. The molecule has 114 valence electrons. The molecule has 0 saturated carbocycles. The number of ether oxygens (including phenoxy) is 2. The number of carbonyl (C=O) groups is 1. The van der Waals surface area contributed by atoms with Gasteiger partial charge in [-0.15, -0.1) is 0 Å². The first kappa shape index (κ1) is 14.6. The van der Waals surface area contributed by atoms with Crippen molar-refractivity contribution in [3.63, 3.8) is 0 Å². The van der Waals surface area contributed by atoms with Gasteiger partial charge >= 0.3 is 5.97 Å². The number of benzene rings is 2. The number of aryl methyl sites for hydroxylation is 1. The van der Waals surface area contributed by atoms with Crippen LogP contribution in [0.1, 0.15) is 35.4 Å². The maximum absolute atomic E-state index is 12.1. The summed E-state index contributed by atoms with van der Waals surface area (Å²) in [5, 5.41) is 0. The van der Waals surface area contributed by atoms with Crippen molar-refractivity contribution in [3.8, 4) is 5.75 Å².